The lowest BCUT2D eigenvalue weighted by Crippen LogP contribution is -2.42. The fourth-order valence-corrected chi connectivity index (χ4v) is 3.14. The summed E-state index contributed by atoms with van der Waals surface area (Å²) in [5.74, 6) is -0.788. The number of hydrogen-bond donors (Lipinski definition) is 0. The average molecular weight is 338 g/mol. The summed E-state index contributed by atoms with van der Waals surface area (Å²) >= 11 is 0. The van der Waals surface area contributed by atoms with Crippen molar-refractivity contribution in [2.24, 2.45) is 0 Å². The monoisotopic (exact) mass is 338 g/mol. The summed E-state index contributed by atoms with van der Waals surface area (Å²) in [6.45, 7) is 0.472. The summed E-state index contributed by atoms with van der Waals surface area (Å²) in [5, 5.41) is 6.82. The maximum Gasteiger partial charge on any atom is 0.451 e. The molecule has 2 aromatic rings. The molecule has 0 aliphatic carbocycles. The van der Waals surface area contributed by atoms with E-state index < -0.39 is 17.9 Å². The standard InChI is InChI=1S/C15H13F3N4O2/c16-15(17,18)14-20-19-12-7-21(5-6-22(12)14)13(23)10-8-24-11-4-2-1-3-9(10)11/h1-4,10H,5-8H2. The Labute approximate surface area is 134 Å². The van der Waals surface area contributed by atoms with E-state index in [1.807, 2.05) is 18.2 Å². The Morgan fingerprint density at radius 2 is 2.00 bits per heavy atom. The molecule has 9 heteroatoms. The van der Waals surface area contributed by atoms with E-state index in [2.05, 4.69) is 10.2 Å². The average Bonchev–Trinajstić information content (AvgIpc) is 3.17. The van der Waals surface area contributed by atoms with Gasteiger partial charge in [0.1, 0.15) is 18.3 Å². The van der Waals surface area contributed by atoms with Crippen LogP contribution in [-0.2, 0) is 24.1 Å². The van der Waals surface area contributed by atoms with E-state index in [-0.39, 0.29) is 38.0 Å². The molecule has 0 spiro atoms. The van der Waals surface area contributed by atoms with Crippen molar-refractivity contribution >= 4 is 5.91 Å². The van der Waals surface area contributed by atoms with Crippen molar-refractivity contribution in [2.75, 3.05) is 13.2 Å². The second kappa shape index (κ2) is 5.22. The Hall–Kier alpha value is -2.58. The van der Waals surface area contributed by atoms with Crippen LogP contribution in [0, 0.1) is 0 Å². The van der Waals surface area contributed by atoms with Gasteiger partial charge in [-0.25, -0.2) is 0 Å². The Morgan fingerprint density at radius 1 is 1.21 bits per heavy atom. The highest BCUT2D eigenvalue weighted by molar-refractivity contribution is 5.85. The van der Waals surface area contributed by atoms with Crippen LogP contribution in [0.1, 0.15) is 23.1 Å². The molecule has 1 aromatic carbocycles. The molecule has 0 fully saturated rings. The lowest BCUT2D eigenvalue weighted by molar-refractivity contribution is -0.148. The number of rotatable bonds is 1. The van der Waals surface area contributed by atoms with Crippen molar-refractivity contribution in [2.45, 2.75) is 25.2 Å². The van der Waals surface area contributed by atoms with Gasteiger partial charge in [0.2, 0.25) is 11.7 Å². The highest BCUT2D eigenvalue weighted by Gasteiger charge is 2.41. The topological polar surface area (TPSA) is 60.2 Å². The summed E-state index contributed by atoms with van der Waals surface area (Å²) in [5.41, 5.74) is 0.811. The lowest BCUT2D eigenvalue weighted by atomic mass is 9.99. The minimum absolute atomic E-state index is 0.0145. The number of fused-ring (bicyclic) bond motifs is 2. The van der Waals surface area contributed by atoms with Crippen LogP contribution in [0.25, 0.3) is 0 Å². The van der Waals surface area contributed by atoms with E-state index in [1.54, 1.807) is 6.07 Å². The van der Waals surface area contributed by atoms with Crippen LogP contribution < -0.4 is 4.74 Å². The number of para-hydroxylation sites is 1. The molecule has 1 atom stereocenters. The fraction of sp³-hybridized carbons (Fsp3) is 0.400. The lowest BCUT2D eigenvalue weighted by Gasteiger charge is -2.29. The van der Waals surface area contributed by atoms with Gasteiger partial charge in [-0.15, -0.1) is 10.2 Å². The number of carbonyl (C=O) groups is 1. The van der Waals surface area contributed by atoms with Crippen LogP contribution in [0.5, 0.6) is 5.75 Å². The van der Waals surface area contributed by atoms with Gasteiger partial charge in [0, 0.05) is 18.7 Å². The van der Waals surface area contributed by atoms with E-state index in [0.29, 0.717) is 5.75 Å². The Bertz CT molecular complexity index is 802. The number of alkyl halides is 3. The van der Waals surface area contributed by atoms with Crippen LogP contribution in [0.3, 0.4) is 0 Å². The van der Waals surface area contributed by atoms with Crippen LogP contribution in [-0.4, -0.2) is 38.7 Å². The van der Waals surface area contributed by atoms with E-state index in [0.717, 1.165) is 10.1 Å². The number of benzene rings is 1. The van der Waals surface area contributed by atoms with E-state index in [4.69, 9.17) is 4.74 Å². The van der Waals surface area contributed by atoms with Gasteiger partial charge in [0.25, 0.3) is 0 Å². The number of amides is 1. The molecule has 0 saturated carbocycles. The number of halogens is 3. The summed E-state index contributed by atoms with van der Waals surface area (Å²) in [6, 6.07) is 7.29. The second-order valence-electron chi connectivity index (χ2n) is 5.75. The summed E-state index contributed by atoms with van der Waals surface area (Å²) in [6.07, 6.45) is -4.55. The molecule has 126 valence electrons. The first-order valence-electron chi connectivity index (χ1n) is 7.45. The number of aromatic nitrogens is 3. The Balaban J connectivity index is 1.56. The van der Waals surface area contributed by atoms with Crippen LogP contribution in [0.2, 0.25) is 0 Å². The van der Waals surface area contributed by atoms with Gasteiger partial charge in [-0.2, -0.15) is 13.2 Å². The van der Waals surface area contributed by atoms with Gasteiger partial charge in [-0.1, -0.05) is 18.2 Å². The van der Waals surface area contributed by atoms with Gasteiger partial charge < -0.3 is 14.2 Å². The maximum absolute atomic E-state index is 12.9. The summed E-state index contributed by atoms with van der Waals surface area (Å²) < 4.78 is 45.1. The quantitative estimate of drug-likeness (QED) is 0.796. The van der Waals surface area contributed by atoms with E-state index in [1.165, 1.54) is 4.90 Å². The predicted octanol–water partition coefficient (Wildman–Crippen LogP) is 1.82. The highest BCUT2D eigenvalue weighted by Crippen LogP contribution is 2.35. The first-order valence-corrected chi connectivity index (χ1v) is 7.45. The Kier molecular flexibility index (Phi) is 3.26. The van der Waals surface area contributed by atoms with Crippen molar-refractivity contribution in [1.29, 1.82) is 0 Å². The molecule has 4 rings (SSSR count). The van der Waals surface area contributed by atoms with Crippen molar-refractivity contribution in [3.05, 3.63) is 41.5 Å². The molecule has 2 aliphatic rings. The molecule has 6 nitrogen and oxygen atoms in total. The van der Waals surface area contributed by atoms with Crippen LogP contribution >= 0.6 is 0 Å². The molecule has 1 unspecified atom stereocenters. The van der Waals surface area contributed by atoms with Gasteiger partial charge in [-0.3, -0.25) is 4.79 Å². The molecule has 0 bridgehead atoms. The van der Waals surface area contributed by atoms with Crippen molar-refractivity contribution in [1.82, 2.24) is 19.7 Å². The Morgan fingerprint density at radius 3 is 2.79 bits per heavy atom. The number of nitrogens with zero attached hydrogens (tertiary/aromatic N) is 4. The number of carbonyl (C=O) groups excluding carboxylic acids is 1. The molecule has 1 amide bonds. The first kappa shape index (κ1) is 15.0. The van der Waals surface area contributed by atoms with Crippen LogP contribution in [0.4, 0.5) is 13.2 Å². The van der Waals surface area contributed by atoms with Crippen LogP contribution in [0.15, 0.2) is 24.3 Å². The molecule has 0 N–H and O–H groups in total. The molecular formula is C15H13F3N4O2. The largest absolute Gasteiger partial charge is 0.492 e. The van der Waals surface area contributed by atoms with Crippen molar-refractivity contribution in [3.8, 4) is 5.75 Å². The smallest absolute Gasteiger partial charge is 0.451 e. The molecule has 3 heterocycles. The third-order valence-corrected chi connectivity index (χ3v) is 4.32. The summed E-state index contributed by atoms with van der Waals surface area (Å²) in [4.78, 5) is 14.3. The highest BCUT2D eigenvalue weighted by atomic mass is 19.4. The predicted molar refractivity (Wildman–Crippen MR) is 75.1 cm³/mol. The molecule has 24 heavy (non-hydrogen) atoms. The second-order valence-corrected chi connectivity index (χ2v) is 5.75. The van der Waals surface area contributed by atoms with E-state index >= 15 is 0 Å². The SMILES string of the molecule is O=C(C1COc2ccccc21)N1CCn2c(nnc2C(F)(F)F)C1. The third-order valence-electron chi connectivity index (χ3n) is 4.32. The zero-order valence-corrected chi connectivity index (χ0v) is 12.5. The van der Waals surface area contributed by atoms with Gasteiger partial charge in [0.05, 0.1) is 6.54 Å². The van der Waals surface area contributed by atoms with Crippen molar-refractivity contribution in [3.63, 3.8) is 0 Å². The van der Waals surface area contributed by atoms with Gasteiger partial charge in [0.15, 0.2) is 5.82 Å². The fourth-order valence-electron chi connectivity index (χ4n) is 3.14. The third kappa shape index (κ3) is 2.31. The van der Waals surface area contributed by atoms with Gasteiger partial charge in [-0.05, 0) is 6.07 Å². The molecule has 0 saturated heterocycles. The number of hydrogen-bond acceptors (Lipinski definition) is 4. The molecule has 0 radical (unpaired) electrons. The maximum atomic E-state index is 12.9. The molecule has 1 aromatic heterocycles. The van der Waals surface area contributed by atoms with E-state index in [9.17, 15) is 18.0 Å². The zero-order valence-electron chi connectivity index (χ0n) is 12.5. The zero-order chi connectivity index (χ0) is 16.9. The molecular weight excluding hydrogens is 325 g/mol. The normalized spacial score (nSPS) is 19.6. The minimum atomic E-state index is -4.55. The minimum Gasteiger partial charge on any atom is -0.492 e. The van der Waals surface area contributed by atoms with Crippen molar-refractivity contribution < 1.29 is 22.7 Å². The summed E-state index contributed by atoms with van der Waals surface area (Å²) in [7, 11) is 0. The number of ether oxygens (including phenoxy) is 1. The van der Waals surface area contributed by atoms with Gasteiger partial charge >= 0.3 is 6.18 Å². The molecule has 2 aliphatic heterocycles. The first-order chi connectivity index (χ1) is 11.4.